The molecule has 0 bridgehead atoms. The van der Waals surface area contributed by atoms with Crippen molar-refractivity contribution in [2.75, 3.05) is 18.9 Å². The Bertz CT molecular complexity index is 540. The molecule has 1 atom stereocenters. The van der Waals surface area contributed by atoms with Gasteiger partial charge in [0.05, 0.1) is 16.6 Å². The van der Waals surface area contributed by atoms with Crippen LogP contribution in [-0.4, -0.2) is 35.6 Å². The summed E-state index contributed by atoms with van der Waals surface area (Å²) < 4.78 is 25.2. The molecule has 1 aromatic rings. The van der Waals surface area contributed by atoms with Gasteiger partial charge in [-0.05, 0) is 12.1 Å². The maximum Gasteiger partial charge on any atom is 0.321 e. The predicted molar refractivity (Wildman–Crippen MR) is 74.9 cm³/mol. The standard InChI is InChI=1S/C13H15ClF2N2O3/c1-7(12(19)20)6-18(2)13(21)17-10-5-8(11(15)16)3-4-9(10)14/h3-5,7,11H,6H2,1-2H3,(H,17,21)(H,19,20). The molecule has 0 fully saturated rings. The van der Waals surface area contributed by atoms with Crippen molar-refractivity contribution in [3.63, 3.8) is 0 Å². The largest absolute Gasteiger partial charge is 0.481 e. The minimum absolute atomic E-state index is 0.0205. The maximum atomic E-state index is 12.6. The Labute approximate surface area is 125 Å². The molecule has 0 aliphatic carbocycles. The summed E-state index contributed by atoms with van der Waals surface area (Å²) in [5, 5.41) is 11.3. The summed E-state index contributed by atoms with van der Waals surface area (Å²) in [5.41, 5.74) is -0.217. The summed E-state index contributed by atoms with van der Waals surface area (Å²) in [6.45, 7) is 1.43. The molecule has 0 aliphatic heterocycles. The lowest BCUT2D eigenvalue weighted by Crippen LogP contribution is -2.36. The second-order valence-corrected chi connectivity index (χ2v) is 5.00. The van der Waals surface area contributed by atoms with Gasteiger partial charge in [-0.15, -0.1) is 0 Å². The molecule has 116 valence electrons. The van der Waals surface area contributed by atoms with Crippen molar-refractivity contribution in [1.29, 1.82) is 0 Å². The number of nitrogens with one attached hydrogen (secondary N) is 1. The van der Waals surface area contributed by atoms with Crippen LogP contribution in [0.3, 0.4) is 0 Å². The molecule has 0 radical (unpaired) electrons. The topological polar surface area (TPSA) is 69.6 Å². The predicted octanol–water partition coefficient (Wildman–Crippen LogP) is 3.46. The summed E-state index contributed by atoms with van der Waals surface area (Å²) >= 11 is 5.83. The quantitative estimate of drug-likeness (QED) is 0.873. The van der Waals surface area contributed by atoms with Crippen molar-refractivity contribution in [1.82, 2.24) is 4.90 Å². The number of hydrogen-bond acceptors (Lipinski definition) is 2. The maximum absolute atomic E-state index is 12.6. The summed E-state index contributed by atoms with van der Waals surface area (Å²) in [5.74, 6) is -1.78. The van der Waals surface area contributed by atoms with Gasteiger partial charge in [0.15, 0.2) is 0 Å². The number of carboxylic acids is 1. The van der Waals surface area contributed by atoms with Crippen LogP contribution in [0.1, 0.15) is 18.9 Å². The molecule has 2 amide bonds. The molecule has 1 unspecified atom stereocenters. The molecule has 0 saturated carbocycles. The van der Waals surface area contributed by atoms with Crippen molar-refractivity contribution in [3.05, 3.63) is 28.8 Å². The molecule has 1 aromatic carbocycles. The molecule has 0 aliphatic rings. The van der Waals surface area contributed by atoms with Crippen LogP contribution < -0.4 is 5.32 Å². The molecular formula is C13H15ClF2N2O3. The normalized spacial score (nSPS) is 12.1. The first-order valence-electron chi connectivity index (χ1n) is 6.05. The number of benzene rings is 1. The molecule has 0 aromatic heterocycles. The number of carboxylic acid groups (broad SMARTS) is 1. The Morgan fingerprint density at radius 3 is 2.57 bits per heavy atom. The first kappa shape index (κ1) is 17.2. The van der Waals surface area contributed by atoms with Crippen LogP contribution in [0, 0.1) is 5.92 Å². The zero-order chi connectivity index (χ0) is 16.2. The van der Waals surface area contributed by atoms with Gasteiger partial charge in [0, 0.05) is 19.2 Å². The molecule has 2 N–H and O–H groups in total. The van der Waals surface area contributed by atoms with E-state index in [9.17, 15) is 18.4 Å². The molecule has 0 spiro atoms. The van der Waals surface area contributed by atoms with Crippen LogP contribution in [0.15, 0.2) is 18.2 Å². The Kier molecular flexibility index (Phi) is 5.90. The van der Waals surface area contributed by atoms with E-state index >= 15 is 0 Å². The van der Waals surface area contributed by atoms with E-state index in [0.717, 1.165) is 11.0 Å². The third-order valence-electron chi connectivity index (χ3n) is 2.80. The van der Waals surface area contributed by atoms with Crippen molar-refractivity contribution in [3.8, 4) is 0 Å². The summed E-state index contributed by atoms with van der Waals surface area (Å²) in [6.07, 6.45) is -2.68. The van der Waals surface area contributed by atoms with Crippen LogP contribution in [-0.2, 0) is 4.79 Å². The number of carbonyl (C=O) groups excluding carboxylic acids is 1. The fraction of sp³-hybridized carbons (Fsp3) is 0.385. The fourth-order valence-corrected chi connectivity index (χ4v) is 1.72. The van der Waals surface area contributed by atoms with E-state index in [0.29, 0.717) is 0 Å². The number of amides is 2. The summed E-state index contributed by atoms with van der Waals surface area (Å²) in [4.78, 5) is 23.7. The molecule has 1 rings (SSSR count). The Hall–Kier alpha value is -1.89. The lowest BCUT2D eigenvalue weighted by atomic mass is 10.2. The summed E-state index contributed by atoms with van der Waals surface area (Å²) in [7, 11) is 1.40. The molecule has 0 heterocycles. The van der Waals surface area contributed by atoms with Gasteiger partial charge in [0.1, 0.15) is 0 Å². The average molecular weight is 321 g/mol. The van der Waals surface area contributed by atoms with Crippen LogP contribution in [0.25, 0.3) is 0 Å². The van der Waals surface area contributed by atoms with Gasteiger partial charge in [0.25, 0.3) is 6.43 Å². The van der Waals surface area contributed by atoms with Crippen molar-refractivity contribution in [2.24, 2.45) is 5.92 Å². The number of anilines is 1. The van der Waals surface area contributed by atoms with Crippen molar-refractivity contribution >= 4 is 29.3 Å². The van der Waals surface area contributed by atoms with E-state index in [1.807, 2.05) is 0 Å². The number of urea groups is 1. The zero-order valence-electron chi connectivity index (χ0n) is 11.4. The number of halogens is 3. The van der Waals surface area contributed by atoms with Gasteiger partial charge < -0.3 is 15.3 Å². The van der Waals surface area contributed by atoms with E-state index in [-0.39, 0.29) is 22.8 Å². The van der Waals surface area contributed by atoms with Crippen LogP contribution in [0.4, 0.5) is 19.3 Å². The number of aliphatic carboxylic acids is 1. The van der Waals surface area contributed by atoms with Gasteiger partial charge >= 0.3 is 12.0 Å². The minimum atomic E-state index is -2.68. The Morgan fingerprint density at radius 2 is 2.05 bits per heavy atom. The lowest BCUT2D eigenvalue weighted by Gasteiger charge is -2.20. The third-order valence-corrected chi connectivity index (χ3v) is 3.13. The molecule has 8 heteroatoms. The smallest absolute Gasteiger partial charge is 0.321 e. The second-order valence-electron chi connectivity index (χ2n) is 4.59. The van der Waals surface area contributed by atoms with E-state index in [2.05, 4.69) is 5.32 Å². The molecule has 0 saturated heterocycles. The molecule has 21 heavy (non-hydrogen) atoms. The number of carbonyl (C=O) groups is 2. The van der Waals surface area contributed by atoms with Crippen molar-refractivity contribution in [2.45, 2.75) is 13.3 Å². The van der Waals surface area contributed by atoms with Gasteiger partial charge in [-0.3, -0.25) is 4.79 Å². The number of rotatable bonds is 5. The SMILES string of the molecule is CC(CN(C)C(=O)Nc1cc(C(F)F)ccc1Cl)C(=O)O. The van der Waals surface area contributed by atoms with Crippen LogP contribution in [0.5, 0.6) is 0 Å². The van der Waals surface area contributed by atoms with Gasteiger partial charge in [-0.1, -0.05) is 24.6 Å². The number of alkyl halides is 2. The Morgan fingerprint density at radius 1 is 1.43 bits per heavy atom. The first-order chi connectivity index (χ1) is 9.72. The summed E-state index contributed by atoms with van der Waals surface area (Å²) in [6, 6.07) is 2.88. The zero-order valence-corrected chi connectivity index (χ0v) is 12.2. The van der Waals surface area contributed by atoms with Gasteiger partial charge in [-0.25, -0.2) is 13.6 Å². The first-order valence-corrected chi connectivity index (χ1v) is 6.42. The molecular weight excluding hydrogens is 306 g/mol. The fourth-order valence-electron chi connectivity index (χ4n) is 1.56. The highest BCUT2D eigenvalue weighted by atomic mass is 35.5. The van der Waals surface area contributed by atoms with Crippen molar-refractivity contribution < 1.29 is 23.5 Å². The number of nitrogens with zero attached hydrogens (tertiary/aromatic N) is 1. The number of hydrogen-bond donors (Lipinski definition) is 2. The van der Waals surface area contributed by atoms with Crippen LogP contribution >= 0.6 is 11.6 Å². The second kappa shape index (κ2) is 7.21. The monoisotopic (exact) mass is 320 g/mol. The molecule has 5 nitrogen and oxygen atoms in total. The highest BCUT2D eigenvalue weighted by molar-refractivity contribution is 6.33. The third kappa shape index (κ3) is 4.86. The Balaban J connectivity index is 2.78. The van der Waals surface area contributed by atoms with E-state index in [4.69, 9.17) is 16.7 Å². The highest BCUT2D eigenvalue weighted by Crippen LogP contribution is 2.28. The lowest BCUT2D eigenvalue weighted by molar-refractivity contribution is -0.141. The van der Waals surface area contributed by atoms with Crippen LogP contribution in [0.2, 0.25) is 5.02 Å². The highest BCUT2D eigenvalue weighted by Gasteiger charge is 2.18. The average Bonchev–Trinajstić information content (AvgIpc) is 2.40. The van der Waals surface area contributed by atoms with Gasteiger partial charge in [0.2, 0.25) is 0 Å². The van der Waals surface area contributed by atoms with E-state index in [1.54, 1.807) is 0 Å². The van der Waals surface area contributed by atoms with E-state index in [1.165, 1.54) is 26.1 Å². The van der Waals surface area contributed by atoms with E-state index < -0.39 is 24.3 Å². The minimum Gasteiger partial charge on any atom is -0.481 e. The van der Waals surface area contributed by atoms with Gasteiger partial charge in [-0.2, -0.15) is 0 Å².